The van der Waals surface area contributed by atoms with E-state index in [1.807, 2.05) is 60.7 Å². The highest BCUT2D eigenvalue weighted by Gasteiger charge is 2.52. The maximum Gasteiger partial charge on any atom is 0.178 e. The third-order valence-electron chi connectivity index (χ3n) is 5.08. The van der Waals surface area contributed by atoms with Crippen LogP contribution in [0.4, 0.5) is 0 Å². The highest BCUT2D eigenvalue weighted by Crippen LogP contribution is 2.42. The summed E-state index contributed by atoms with van der Waals surface area (Å²) in [6.07, 6.45) is 0.761. The van der Waals surface area contributed by atoms with E-state index in [0.29, 0.717) is 24.0 Å². The Balaban J connectivity index is 1.83. The van der Waals surface area contributed by atoms with Gasteiger partial charge in [-0.1, -0.05) is 80.4 Å². The number of fused-ring (bicyclic) bond motifs is 1. The third kappa shape index (κ3) is 3.32. The molecule has 0 bridgehead atoms. The van der Waals surface area contributed by atoms with Crippen molar-refractivity contribution < 1.29 is 9.59 Å². The van der Waals surface area contributed by atoms with Gasteiger partial charge in [-0.15, -0.1) is 0 Å². The Bertz CT molecular complexity index is 971. The number of ketones is 2. The average Bonchev–Trinajstić information content (AvgIpc) is 2.85. The van der Waals surface area contributed by atoms with Gasteiger partial charge in [-0.3, -0.25) is 9.59 Å². The molecule has 0 unspecified atom stereocenters. The molecule has 3 aromatic rings. The summed E-state index contributed by atoms with van der Waals surface area (Å²) in [7, 11) is 0. The molecule has 134 valence electrons. The molecule has 0 saturated carbocycles. The first kappa shape index (κ1) is 18.3. The zero-order valence-electron chi connectivity index (χ0n) is 14.4. The summed E-state index contributed by atoms with van der Waals surface area (Å²) < 4.78 is 1.88. The number of carbonyl (C=O) groups is 2. The fourth-order valence-corrected chi connectivity index (χ4v) is 4.77. The molecule has 4 rings (SSSR count). The van der Waals surface area contributed by atoms with Gasteiger partial charge < -0.3 is 0 Å². The fraction of sp³-hybridized carbons (Fsp3) is 0.130. The molecule has 0 heterocycles. The van der Waals surface area contributed by atoms with Crippen LogP contribution in [0.3, 0.4) is 0 Å². The molecule has 27 heavy (non-hydrogen) atoms. The Labute approximate surface area is 174 Å². The maximum absolute atomic E-state index is 13.5. The van der Waals surface area contributed by atoms with Crippen molar-refractivity contribution in [2.45, 2.75) is 12.8 Å². The Morgan fingerprint density at radius 1 is 0.630 bits per heavy atom. The third-order valence-corrected chi connectivity index (χ3v) is 6.06. The van der Waals surface area contributed by atoms with Crippen LogP contribution in [0.5, 0.6) is 0 Å². The lowest BCUT2D eigenvalue weighted by atomic mass is 9.72. The lowest BCUT2D eigenvalue weighted by Gasteiger charge is -2.26. The van der Waals surface area contributed by atoms with E-state index in [4.69, 9.17) is 0 Å². The van der Waals surface area contributed by atoms with Gasteiger partial charge in [-0.05, 0) is 48.2 Å². The number of carbonyl (C=O) groups excluding carboxylic acids is 2. The molecule has 0 N–H and O–H groups in total. The van der Waals surface area contributed by atoms with E-state index in [0.717, 1.165) is 20.1 Å². The molecule has 1 aliphatic rings. The predicted octanol–water partition coefficient (Wildman–Crippen LogP) is 6.06. The maximum atomic E-state index is 13.5. The van der Waals surface area contributed by atoms with Gasteiger partial charge in [0.25, 0.3) is 0 Å². The first-order valence-corrected chi connectivity index (χ1v) is 10.3. The van der Waals surface area contributed by atoms with Crippen molar-refractivity contribution in [3.05, 3.63) is 104 Å². The van der Waals surface area contributed by atoms with Crippen LogP contribution < -0.4 is 0 Å². The second-order valence-electron chi connectivity index (χ2n) is 6.90. The molecule has 0 saturated heterocycles. The largest absolute Gasteiger partial charge is 0.293 e. The van der Waals surface area contributed by atoms with Crippen molar-refractivity contribution in [2.24, 2.45) is 5.41 Å². The van der Waals surface area contributed by atoms with E-state index in [-0.39, 0.29) is 11.6 Å². The number of hydrogen-bond acceptors (Lipinski definition) is 2. The summed E-state index contributed by atoms with van der Waals surface area (Å²) in [6, 6.07) is 22.8. The number of halogens is 2. The van der Waals surface area contributed by atoms with E-state index >= 15 is 0 Å². The van der Waals surface area contributed by atoms with Crippen LogP contribution in [0.15, 0.2) is 81.7 Å². The van der Waals surface area contributed by atoms with Gasteiger partial charge in [0.15, 0.2) is 11.6 Å². The molecule has 0 aliphatic heterocycles. The quantitative estimate of drug-likeness (QED) is 0.422. The molecule has 3 aromatic carbocycles. The Kier molecular flexibility index (Phi) is 4.87. The van der Waals surface area contributed by atoms with Crippen LogP contribution in [0.2, 0.25) is 0 Å². The van der Waals surface area contributed by atoms with Crippen molar-refractivity contribution in [1.82, 2.24) is 0 Å². The minimum absolute atomic E-state index is 0.0805. The Morgan fingerprint density at radius 3 is 1.48 bits per heavy atom. The fourth-order valence-electron chi connectivity index (χ4n) is 3.87. The number of Topliss-reactive ketones (excluding diaryl/α,β-unsaturated/α-hetero) is 2. The molecule has 2 nitrogen and oxygen atoms in total. The van der Waals surface area contributed by atoms with Gasteiger partial charge in [0.1, 0.15) is 5.41 Å². The van der Waals surface area contributed by atoms with E-state index in [1.54, 1.807) is 12.1 Å². The molecule has 0 aromatic heterocycles. The first-order chi connectivity index (χ1) is 13.0. The highest BCUT2D eigenvalue weighted by molar-refractivity contribution is 9.10. The number of benzene rings is 3. The van der Waals surface area contributed by atoms with Crippen molar-refractivity contribution in [3.8, 4) is 0 Å². The van der Waals surface area contributed by atoms with Gasteiger partial charge in [-0.2, -0.15) is 0 Å². The zero-order valence-corrected chi connectivity index (χ0v) is 17.6. The normalized spacial score (nSPS) is 15.0. The monoisotopic (exact) mass is 482 g/mol. The summed E-state index contributed by atoms with van der Waals surface area (Å²) in [4.78, 5) is 26.9. The first-order valence-electron chi connectivity index (χ1n) is 8.67. The average molecular weight is 484 g/mol. The van der Waals surface area contributed by atoms with Crippen LogP contribution in [0.1, 0.15) is 31.8 Å². The second kappa shape index (κ2) is 7.17. The van der Waals surface area contributed by atoms with E-state index < -0.39 is 5.41 Å². The second-order valence-corrected chi connectivity index (χ2v) is 8.73. The van der Waals surface area contributed by atoms with Gasteiger partial charge in [0.05, 0.1) is 0 Å². The predicted molar refractivity (Wildman–Crippen MR) is 113 cm³/mol. The molecular weight excluding hydrogens is 468 g/mol. The van der Waals surface area contributed by atoms with Crippen LogP contribution in [-0.4, -0.2) is 11.6 Å². The number of hydrogen-bond donors (Lipinski definition) is 0. The van der Waals surface area contributed by atoms with Crippen LogP contribution >= 0.6 is 31.9 Å². The SMILES string of the molecule is O=C1c2ccccc2C(=O)C1(Cc1cccc(Br)c1)Cc1cccc(Br)c1. The van der Waals surface area contributed by atoms with Gasteiger partial charge in [0, 0.05) is 20.1 Å². The smallest absolute Gasteiger partial charge is 0.178 e. The lowest BCUT2D eigenvalue weighted by molar-refractivity contribution is 0.0695. The molecule has 1 aliphatic carbocycles. The Hall–Kier alpha value is -2.04. The Morgan fingerprint density at radius 2 is 1.07 bits per heavy atom. The highest BCUT2D eigenvalue weighted by atomic mass is 79.9. The van der Waals surface area contributed by atoms with Crippen LogP contribution in [-0.2, 0) is 12.8 Å². The zero-order chi connectivity index (χ0) is 19.0. The molecule has 0 fully saturated rings. The van der Waals surface area contributed by atoms with Gasteiger partial charge >= 0.3 is 0 Å². The number of rotatable bonds is 4. The molecule has 0 amide bonds. The van der Waals surface area contributed by atoms with Crippen molar-refractivity contribution >= 4 is 43.4 Å². The van der Waals surface area contributed by atoms with Crippen molar-refractivity contribution in [1.29, 1.82) is 0 Å². The van der Waals surface area contributed by atoms with E-state index in [9.17, 15) is 9.59 Å². The van der Waals surface area contributed by atoms with Crippen molar-refractivity contribution in [2.75, 3.05) is 0 Å². The van der Waals surface area contributed by atoms with E-state index in [2.05, 4.69) is 31.9 Å². The minimum Gasteiger partial charge on any atom is -0.293 e. The van der Waals surface area contributed by atoms with Crippen LogP contribution in [0.25, 0.3) is 0 Å². The van der Waals surface area contributed by atoms with Gasteiger partial charge in [-0.25, -0.2) is 0 Å². The van der Waals surface area contributed by atoms with E-state index in [1.165, 1.54) is 0 Å². The molecule has 0 atom stereocenters. The van der Waals surface area contributed by atoms with Crippen LogP contribution in [0, 0.1) is 5.41 Å². The summed E-state index contributed by atoms with van der Waals surface area (Å²) in [5, 5.41) is 0. The standard InChI is InChI=1S/C23H16Br2O2/c24-17-7-3-5-15(11-17)13-23(14-16-6-4-8-18(25)12-16)21(26)19-9-1-2-10-20(19)22(23)27/h1-12H,13-14H2. The van der Waals surface area contributed by atoms with Gasteiger partial charge in [0.2, 0.25) is 0 Å². The lowest BCUT2D eigenvalue weighted by Crippen LogP contribution is -2.38. The molecule has 0 spiro atoms. The summed E-state index contributed by atoms with van der Waals surface area (Å²) in [5.74, 6) is -0.161. The molecular formula is C23H16Br2O2. The summed E-state index contributed by atoms with van der Waals surface area (Å²) in [5.41, 5.74) is 1.90. The molecule has 4 heteroatoms. The topological polar surface area (TPSA) is 34.1 Å². The molecule has 0 radical (unpaired) electrons. The summed E-state index contributed by atoms with van der Waals surface area (Å²) in [6.45, 7) is 0. The summed E-state index contributed by atoms with van der Waals surface area (Å²) >= 11 is 6.98. The van der Waals surface area contributed by atoms with Crippen molar-refractivity contribution in [3.63, 3.8) is 0 Å². The minimum atomic E-state index is -1.11.